The molecule has 90 valence electrons. The van der Waals surface area contributed by atoms with Crippen LogP contribution in [0.3, 0.4) is 0 Å². The zero-order valence-electron chi connectivity index (χ0n) is 8.79. The number of halogens is 3. The molecule has 0 saturated heterocycles. The molecule has 5 heteroatoms. The van der Waals surface area contributed by atoms with Crippen LogP contribution in [-0.4, -0.2) is 0 Å². The summed E-state index contributed by atoms with van der Waals surface area (Å²) in [5.41, 5.74) is 7.11. The van der Waals surface area contributed by atoms with Gasteiger partial charge in [-0.25, -0.2) is 0 Å². The van der Waals surface area contributed by atoms with Crippen molar-refractivity contribution in [1.29, 1.82) is 0 Å². The minimum absolute atomic E-state index is 0.106. The van der Waals surface area contributed by atoms with E-state index < -0.39 is 0 Å². The molecular weight excluding hydrogens is 341 g/mol. The topological polar surface area (TPSA) is 26.0 Å². The third-order valence-corrected chi connectivity index (χ3v) is 4.49. The lowest BCUT2D eigenvalue weighted by Crippen LogP contribution is -2.13. The van der Waals surface area contributed by atoms with Crippen molar-refractivity contribution in [2.75, 3.05) is 0 Å². The van der Waals surface area contributed by atoms with E-state index in [2.05, 4.69) is 15.9 Å². The maximum atomic E-state index is 6.16. The Bertz CT molecular complexity index is 527. The van der Waals surface area contributed by atoms with Crippen molar-refractivity contribution >= 4 is 50.5 Å². The Kier molecular flexibility index (Phi) is 4.50. The van der Waals surface area contributed by atoms with Crippen molar-refractivity contribution < 1.29 is 0 Å². The van der Waals surface area contributed by atoms with Crippen molar-refractivity contribution in [2.45, 2.75) is 12.5 Å². The highest BCUT2D eigenvalue weighted by atomic mass is 79.9. The molecule has 17 heavy (non-hydrogen) atoms. The molecule has 2 aromatic rings. The summed E-state index contributed by atoms with van der Waals surface area (Å²) in [6.45, 7) is 0. The van der Waals surface area contributed by atoms with Crippen LogP contribution in [0, 0.1) is 0 Å². The number of nitrogens with two attached hydrogens (primary N) is 1. The molecule has 1 aromatic heterocycles. The number of hydrogen-bond acceptors (Lipinski definition) is 2. The van der Waals surface area contributed by atoms with Crippen molar-refractivity contribution in [3.63, 3.8) is 0 Å². The Labute approximate surface area is 123 Å². The van der Waals surface area contributed by atoms with Crippen molar-refractivity contribution in [3.05, 3.63) is 54.6 Å². The van der Waals surface area contributed by atoms with Crippen LogP contribution < -0.4 is 5.73 Å². The molecule has 0 bridgehead atoms. The minimum Gasteiger partial charge on any atom is -0.324 e. The van der Waals surface area contributed by atoms with E-state index in [-0.39, 0.29) is 6.04 Å². The van der Waals surface area contributed by atoms with Gasteiger partial charge in [0.25, 0.3) is 0 Å². The summed E-state index contributed by atoms with van der Waals surface area (Å²) in [5.74, 6) is 0. The fourth-order valence-corrected chi connectivity index (χ4v) is 3.55. The Morgan fingerprint density at radius 2 is 2.00 bits per heavy atom. The molecule has 1 heterocycles. The molecule has 0 aliphatic rings. The highest BCUT2D eigenvalue weighted by Gasteiger charge is 2.12. The molecule has 0 fully saturated rings. The molecule has 1 atom stereocenters. The van der Waals surface area contributed by atoms with Gasteiger partial charge in [0, 0.05) is 26.8 Å². The van der Waals surface area contributed by atoms with Gasteiger partial charge in [-0.15, -0.1) is 11.3 Å². The Morgan fingerprint density at radius 3 is 2.59 bits per heavy atom. The summed E-state index contributed by atoms with van der Waals surface area (Å²) >= 11 is 17.0. The fraction of sp³-hybridized carbons (Fsp3) is 0.167. The van der Waals surface area contributed by atoms with Crippen molar-refractivity contribution in [3.8, 4) is 0 Å². The van der Waals surface area contributed by atoms with Crippen molar-refractivity contribution in [1.82, 2.24) is 0 Å². The number of thiophene rings is 1. The number of hydrogen-bond donors (Lipinski definition) is 1. The predicted molar refractivity (Wildman–Crippen MR) is 79.1 cm³/mol. The molecule has 0 amide bonds. The summed E-state index contributed by atoms with van der Waals surface area (Å²) in [5, 5.41) is 0.689. The van der Waals surface area contributed by atoms with E-state index in [9.17, 15) is 0 Å². The van der Waals surface area contributed by atoms with E-state index >= 15 is 0 Å². The minimum atomic E-state index is -0.106. The average Bonchev–Trinajstić information content (AvgIpc) is 2.63. The second-order valence-electron chi connectivity index (χ2n) is 3.68. The lowest BCUT2D eigenvalue weighted by molar-refractivity contribution is 0.730. The van der Waals surface area contributed by atoms with Gasteiger partial charge in [0.15, 0.2) is 0 Å². The van der Waals surface area contributed by atoms with E-state index in [0.29, 0.717) is 5.02 Å². The quantitative estimate of drug-likeness (QED) is 0.822. The van der Waals surface area contributed by atoms with Crippen LogP contribution in [0.25, 0.3) is 0 Å². The first kappa shape index (κ1) is 13.4. The van der Waals surface area contributed by atoms with Gasteiger partial charge in [-0.1, -0.05) is 45.2 Å². The Morgan fingerprint density at radius 1 is 1.24 bits per heavy atom. The predicted octanol–water partition coefficient (Wildman–Crippen LogP) is 5.06. The molecule has 0 saturated carbocycles. The molecule has 1 unspecified atom stereocenters. The second kappa shape index (κ2) is 5.72. The van der Waals surface area contributed by atoms with Gasteiger partial charge in [0.05, 0.1) is 4.34 Å². The molecule has 0 aliphatic carbocycles. The highest BCUT2D eigenvalue weighted by molar-refractivity contribution is 9.10. The lowest BCUT2D eigenvalue weighted by atomic mass is 10.0. The van der Waals surface area contributed by atoms with Gasteiger partial charge in [0.1, 0.15) is 0 Å². The molecule has 0 radical (unpaired) electrons. The van der Waals surface area contributed by atoms with Gasteiger partial charge in [-0.3, -0.25) is 0 Å². The van der Waals surface area contributed by atoms with Crippen LogP contribution in [0.5, 0.6) is 0 Å². The standard InChI is InChI=1S/C12H10BrCl2NS/c13-7-1-3-9(10(14)5-7)11(16)6-8-2-4-12(15)17-8/h1-5,11H,6,16H2. The SMILES string of the molecule is NC(Cc1ccc(Cl)s1)c1ccc(Br)cc1Cl. The van der Waals surface area contributed by atoms with E-state index in [0.717, 1.165) is 20.8 Å². The Balaban J connectivity index is 2.17. The number of benzene rings is 1. The van der Waals surface area contributed by atoms with Gasteiger partial charge in [0.2, 0.25) is 0 Å². The first-order valence-corrected chi connectivity index (χ1v) is 7.37. The lowest BCUT2D eigenvalue weighted by Gasteiger charge is -2.12. The third-order valence-electron chi connectivity index (χ3n) is 2.41. The highest BCUT2D eigenvalue weighted by Crippen LogP contribution is 2.30. The molecule has 1 aromatic carbocycles. The van der Waals surface area contributed by atoms with Crippen LogP contribution in [0.4, 0.5) is 0 Å². The van der Waals surface area contributed by atoms with Gasteiger partial charge >= 0.3 is 0 Å². The molecule has 1 nitrogen and oxygen atoms in total. The molecule has 2 N–H and O–H groups in total. The summed E-state index contributed by atoms with van der Waals surface area (Å²) in [6, 6.07) is 9.54. The summed E-state index contributed by atoms with van der Waals surface area (Å²) in [4.78, 5) is 1.17. The smallest absolute Gasteiger partial charge is 0.0931 e. The maximum absolute atomic E-state index is 6.16. The fourth-order valence-electron chi connectivity index (χ4n) is 1.59. The Hall–Kier alpha value is -0.0600. The molecular formula is C12H10BrCl2NS. The van der Waals surface area contributed by atoms with Gasteiger partial charge in [-0.2, -0.15) is 0 Å². The van der Waals surface area contributed by atoms with E-state index in [1.165, 1.54) is 4.88 Å². The van der Waals surface area contributed by atoms with E-state index in [4.69, 9.17) is 28.9 Å². The van der Waals surface area contributed by atoms with Crippen LogP contribution in [-0.2, 0) is 6.42 Å². The van der Waals surface area contributed by atoms with Crippen molar-refractivity contribution in [2.24, 2.45) is 5.73 Å². The van der Waals surface area contributed by atoms with Gasteiger partial charge in [-0.05, 0) is 29.8 Å². The largest absolute Gasteiger partial charge is 0.324 e. The average molecular weight is 351 g/mol. The zero-order chi connectivity index (χ0) is 12.4. The normalized spacial score (nSPS) is 12.7. The molecule has 0 spiro atoms. The molecule has 0 aliphatic heterocycles. The van der Waals surface area contributed by atoms with Crippen LogP contribution >= 0.6 is 50.5 Å². The third kappa shape index (κ3) is 3.46. The second-order valence-corrected chi connectivity index (χ2v) is 6.80. The van der Waals surface area contributed by atoms with Crippen LogP contribution in [0.1, 0.15) is 16.5 Å². The first-order valence-electron chi connectivity index (χ1n) is 5.01. The monoisotopic (exact) mass is 349 g/mol. The summed E-state index contributed by atoms with van der Waals surface area (Å²) in [7, 11) is 0. The summed E-state index contributed by atoms with van der Waals surface area (Å²) < 4.78 is 1.74. The maximum Gasteiger partial charge on any atom is 0.0931 e. The van der Waals surface area contributed by atoms with E-state index in [1.54, 1.807) is 11.3 Å². The van der Waals surface area contributed by atoms with Crippen LogP contribution in [0.15, 0.2) is 34.8 Å². The molecule has 2 rings (SSSR count). The van der Waals surface area contributed by atoms with Gasteiger partial charge < -0.3 is 5.73 Å². The number of rotatable bonds is 3. The van der Waals surface area contributed by atoms with Crippen LogP contribution in [0.2, 0.25) is 9.36 Å². The first-order chi connectivity index (χ1) is 8.06. The zero-order valence-corrected chi connectivity index (χ0v) is 12.7. The van der Waals surface area contributed by atoms with E-state index in [1.807, 2.05) is 30.3 Å². The summed E-state index contributed by atoms with van der Waals surface area (Å²) in [6.07, 6.45) is 0.749.